The SMILES string of the molecule is CN1CCC(CN)C(C2CC2)CC1. The fourth-order valence-electron chi connectivity index (χ4n) is 2.75. The Morgan fingerprint density at radius 3 is 2.46 bits per heavy atom. The summed E-state index contributed by atoms with van der Waals surface area (Å²) in [4.78, 5) is 2.46. The molecule has 2 N–H and O–H groups in total. The summed E-state index contributed by atoms with van der Waals surface area (Å²) in [6.45, 7) is 3.46. The highest BCUT2D eigenvalue weighted by Gasteiger charge is 2.36. The van der Waals surface area contributed by atoms with E-state index in [1.807, 2.05) is 0 Å². The van der Waals surface area contributed by atoms with Gasteiger partial charge in [0, 0.05) is 0 Å². The van der Waals surface area contributed by atoms with E-state index in [1.54, 1.807) is 0 Å². The van der Waals surface area contributed by atoms with Crippen LogP contribution in [0.4, 0.5) is 0 Å². The third-order valence-electron chi connectivity index (χ3n) is 3.86. The van der Waals surface area contributed by atoms with Crippen molar-refractivity contribution in [2.75, 3.05) is 26.7 Å². The molecule has 2 nitrogen and oxygen atoms in total. The molecule has 2 unspecified atom stereocenters. The van der Waals surface area contributed by atoms with Gasteiger partial charge >= 0.3 is 0 Å². The van der Waals surface area contributed by atoms with Crippen LogP contribution in [-0.2, 0) is 0 Å². The summed E-state index contributed by atoms with van der Waals surface area (Å²) in [5.74, 6) is 2.81. The topological polar surface area (TPSA) is 29.3 Å². The first kappa shape index (κ1) is 9.47. The van der Waals surface area contributed by atoms with E-state index in [0.717, 1.165) is 24.3 Å². The van der Waals surface area contributed by atoms with E-state index < -0.39 is 0 Å². The van der Waals surface area contributed by atoms with Crippen molar-refractivity contribution in [2.45, 2.75) is 25.7 Å². The summed E-state index contributed by atoms with van der Waals surface area (Å²) in [6, 6.07) is 0. The highest BCUT2D eigenvalue weighted by Crippen LogP contribution is 2.43. The zero-order valence-corrected chi connectivity index (χ0v) is 8.71. The Morgan fingerprint density at radius 1 is 1.15 bits per heavy atom. The van der Waals surface area contributed by atoms with Gasteiger partial charge in [-0.15, -0.1) is 0 Å². The number of hydrogen-bond donors (Lipinski definition) is 1. The second-order valence-corrected chi connectivity index (χ2v) is 4.88. The Balaban J connectivity index is 1.95. The van der Waals surface area contributed by atoms with Gasteiger partial charge in [-0.2, -0.15) is 0 Å². The quantitative estimate of drug-likeness (QED) is 0.698. The zero-order valence-electron chi connectivity index (χ0n) is 8.71. The molecule has 1 heterocycles. The molecule has 1 aliphatic carbocycles. The van der Waals surface area contributed by atoms with E-state index in [2.05, 4.69) is 11.9 Å². The molecule has 0 radical (unpaired) electrons. The van der Waals surface area contributed by atoms with Crippen LogP contribution in [0.5, 0.6) is 0 Å². The summed E-state index contributed by atoms with van der Waals surface area (Å²) in [5, 5.41) is 0. The highest BCUT2D eigenvalue weighted by atomic mass is 15.1. The number of nitrogens with zero attached hydrogens (tertiary/aromatic N) is 1. The van der Waals surface area contributed by atoms with Gasteiger partial charge in [-0.3, -0.25) is 0 Å². The fraction of sp³-hybridized carbons (Fsp3) is 1.00. The van der Waals surface area contributed by atoms with E-state index in [0.29, 0.717) is 0 Å². The van der Waals surface area contributed by atoms with Gasteiger partial charge in [0.2, 0.25) is 0 Å². The molecular weight excluding hydrogens is 160 g/mol. The van der Waals surface area contributed by atoms with E-state index in [1.165, 1.54) is 38.8 Å². The van der Waals surface area contributed by atoms with E-state index in [4.69, 9.17) is 5.73 Å². The van der Waals surface area contributed by atoms with Gasteiger partial charge in [0.25, 0.3) is 0 Å². The summed E-state index contributed by atoms with van der Waals surface area (Å²) >= 11 is 0. The molecule has 1 saturated heterocycles. The second-order valence-electron chi connectivity index (χ2n) is 4.88. The van der Waals surface area contributed by atoms with Crippen LogP contribution in [0, 0.1) is 17.8 Å². The lowest BCUT2D eigenvalue weighted by molar-refractivity contribution is 0.292. The Labute approximate surface area is 81.5 Å². The predicted octanol–water partition coefficient (Wildman–Crippen LogP) is 1.31. The van der Waals surface area contributed by atoms with Crippen LogP contribution in [0.25, 0.3) is 0 Å². The van der Waals surface area contributed by atoms with Crippen molar-refractivity contribution >= 4 is 0 Å². The fourth-order valence-corrected chi connectivity index (χ4v) is 2.75. The maximum atomic E-state index is 5.86. The van der Waals surface area contributed by atoms with Crippen LogP contribution in [0.2, 0.25) is 0 Å². The van der Waals surface area contributed by atoms with E-state index in [9.17, 15) is 0 Å². The molecule has 76 valence electrons. The van der Waals surface area contributed by atoms with Crippen molar-refractivity contribution in [1.82, 2.24) is 4.90 Å². The van der Waals surface area contributed by atoms with Crippen LogP contribution in [-0.4, -0.2) is 31.6 Å². The number of nitrogens with two attached hydrogens (primary N) is 1. The Kier molecular flexibility index (Phi) is 2.89. The van der Waals surface area contributed by atoms with Crippen molar-refractivity contribution in [3.63, 3.8) is 0 Å². The molecule has 2 heteroatoms. The lowest BCUT2D eigenvalue weighted by atomic mass is 9.84. The van der Waals surface area contributed by atoms with Crippen LogP contribution in [0.15, 0.2) is 0 Å². The molecule has 2 aliphatic rings. The highest BCUT2D eigenvalue weighted by molar-refractivity contribution is 4.88. The molecule has 0 aromatic rings. The van der Waals surface area contributed by atoms with E-state index in [-0.39, 0.29) is 0 Å². The minimum absolute atomic E-state index is 0.817. The smallest absolute Gasteiger partial charge is 0.00186 e. The lowest BCUT2D eigenvalue weighted by Crippen LogP contribution is -2.24. The molecule has 2 fully saturated rings. The van der Waals surface area contributed by atoms with Crippen molar-refractivity contribution < 1.29 is 0 Å². The first-order chi connectivity index (χ1) is 6.31. The molecule has 0 amide bonds. The summed E-state index contributed by atoms with van der Waals surface area (Å²) in [7, 11) is 2.24. The minimum atomic E-state index is 0.817. The third-order valence-corrected chi connectivity index (χ3v) is 3.86. The van der Waals surface area contributed by atoms with Gasteiger partial charge in [0.15, 0.2) is 0 Å². The van der Waals surface area contributed by atoms with Gasteiger partial charge in [0.05, 0.1) is 0 Å². The molecule has 0 bridgehead atoms. The average molecular weight is 182 g/mol. The normalized spacial score (nSPS) is 37.4. The molecule has 2 atom stereocenters. The molecule has 1 aliphatic heterocycles. The predicted molar refractivity (Wildman–Crippen MR) is 55.5 cm³/mol. The van der Waals surface area contributed by atoms with Gasteiger partial charge in [-0.05, 0) is 70.1 Å². The van der Waals surface area contributed by atoms with Gasteiger partial charge in [-0.1, -0.05) is 0 Å². The Bertz CT molecular complexity index is 165. The summed E-state index contributed by atoms with van der Waals surface area (Å²) < 4.78 is 0. The summed E-state index contributed by atoms with van der Waals surface area (Å²) in [6.07, 6.45) is 5.67. The van der Waals surface area contributed by atoms with Crippen molar-refractivity contribution in [3.8, 4) is 0 Å². The largest absolute Gasteiger partial charge is 0.330 e. The maximum absolute atomic E-state index is 5.86. The lowest BCUT2D eigenvalue weighted by Gasteiger charge is -2.22. The van der Waals surface area contributed by atoms with Gasteiger partial charge in [0.1, 0.15) is 0 Å². The molecule has 13 heavy (non-hydrogen) atoms. The Hall–Kier alpha value is -0.0800. The standard InChI is InChI=1S/C11H22N2/c1-13-6-4-10(8-12)11(5-7-13)9-2-3-9/h9-11H,2-8,12H2,1H3. The molecule has 0 aromatic carbocycles. The molecule has 0 spiro atoms. The first-order valence-corrected chi connectivity index (χ1v) is 5.70. The molecular formula is C11H22N2. The third kappa shape index (κ3) is 2.23. The van der Waals surface area contributed by atoms with E-state index >= 15 is 0 Å². The number of hydrogen-bond acceptors (Lipinski definition) is 2. The van der Waals surface area contributed by atoms with Gasteiger partial charge in [-0.25, -0.2) is 0 Å². The number of likely N-dealkylation sites (tertiary alicyclic amines) is 1. The van der Waals surface area contributed by atoms with Crippen molar-refractivity contribution in [1.29, 1.82) is 0 Å². The first-order valence-electron chi connectivity index (χ1n) is 5.70. The summed E-state index contributed by atoms with van der Waals surface area (Å²) in [5.41, 5.74) is 5.86. The molecule has 2 rings (SSSR count). The van der Waals surface area contributed by atoms with Crippen molar-refractivity contribution in [3.05, 3.63) is 0 Å². The van der Waals surface area contributed by atoms with Crippen LogP contribution in [0.3, 0.4) is 0 Å². The second kappa shape index (κ2) is 3.97. The van der Waals surface area contributed by atoms with Gasteiger partial charge < -0.3 is 10.6 Å². The number of rotatable bonds is 2. The van der Waals surface area contributed by atoms with Crippen LogP contribution < -0.4 is 5.73 Å². The zero-order chi connectivity index (χ0) is 9.26. The van der Waals surface area contributed by atoms with Crippen molar-refractivity contribution in [2.24, 2.45) is 23.5 Å². The maximum Gasteiger partial charge on any atom is -0.00186 e. The monoisotopic (exact) mass is 182 g/mol. The molecule has 1 saturated carbocycles. The van der Waals surface area contributed by atoms with Crippen LogP contribution >= 0.6 is 0 Å². The molecule has 0 aromatic heterocycles. The Morgan fingerprint density at radius 2 is 1.85 bits per heavy atom. The average Bonchev–Trinajstić information content (AvgIpc) is 2.91. The van der Waals surface area contributed by atoms with Crippen LogP contribution in [0.1, 0.15) is 25.7 Å². The minimum Gasteiger partial charge on any atom is -0.330 e.